The number of rotatable bonds is 5. The molecular weight excluding hydrogens is 426 g/mol. The zero-order valence-electron chi connectivity index (χ0n) is 20.0. The Morgan fingerprint density at radius 2 is 1.82 bits per heavy atom. The van der Waals surface area contributed by atoms with Gasteiger partial charge < -0.3 is 10.2 Å². The van der Waals surface area contributed by atoms with Crippen molar-refractivity contribution in [1.29, 1.82) is 0 Å². The predicted octanol–water partition coefficient (Wildman–Crippen LogP) is 4.46. The first kappa shape index (κ1) is 23.2. The standard InChI is InChI=1S/C24H23N7O.C2H6/c1-15(24(32)28-18-10-11-26-27-14-18)31(2)23-19-8-5-9-20(19)29-22(30-23)21-12-16-6-3-4-7-17(16)13-25-21;1-2/h3-4,6-7,10-15H,5,8-9H2,1-2H3,(H,26,28,32);1-2H3. The average Bonchev–Trinajstić information content (AvgIpc) is 3.37. The fraction of sp³-hybridized carbons (Fsp3) is 0.308. The SMILES string of the molecule is CC.CC(C(=O)Nc1ccnnc1)N(C)c1nc(-c2cc3ccccc3cn2)nc2c1CCC2. The molecule has 3 aromatic heterocycles. The molecule has 174 valence electrons. The zero-order chi connectivity index (χ0) is 24.1. The Morgan fingerprint density at radius 1 is 1.03 bits per heavy atom. The van der Waals surface area contributed by atoms with Gasteiger partial charge in [-0.2, -0.15) is 10.2 Å². The van der Waals surface area contributed by atoms with E-state index in [1.807, 2.05) is 63.2 Å². The number of benzene rings is 1. The summed E-state index contributed by atoms with van der Waals surface area (Å²) in [4.78, 5) is 29.1. The van der Waals surface area contributed by atoms with Crippen molar-refractivity contribution in [3.8, 4) is 11.5 Å². The van der Waals surface area contributed by atoms with Crippen LogP contribution < -0.4 is 10.2 Å². The maximum Gasteiger partial charge on any atom is 0.246 e. The molecule has 3 heterocycles. The summed E-state index contributed by atoms with van der Waals surface area (Å²) in [6.45, 7) is 5.86. The highest BCUT2D eigenvalue weighted by atomic mass is 16.2. The van der Waals surface area contributed by atoms with E-state index >= 15 is 0 Å². The second kappa shape index (κ2) is 10.3. The number of hydrogen-bond donors (Lipinski definition) is 1. The monoisotopic (exact) mass is 455 g/mol. The summed E-state index contributed by atoms with van der Waals surface area (Å²) in [5.41, 5.74) is 3.49. The first-order chi connectivity index (χ1) is 16.6. The molecule has 1 N–H and O–H groups in total. The number of anilines is 2. The van der Waals surface area contributed by atoms with Gasteiger partial charge in [0.2, 0.25) is 5.91 Å². The number of pyridine rings is 1. The topological polar surface area (TPSA) is 96.8 Å². The number of nitrogens with zero attached hydrogens (tertiary/aromatic N) is 6. The molecular formula is C26H29N7O. The van der Waals surface area contributed by atoms with E-state index in [0.717, 1.165) is 52.8 Å². The summed E-state index contributed by atoms with van der Waals surface area (Å²) in [6.07, 6.45) is 7.76. The van der Waals surface area contributed by atoms with Gasteiger partial charge in [-0.3, -0.25) is 9.78 Å². The number of aryl methyl sites for hydroxylation is 1. The first-order valence-electron chi connectivity index (χ1n) is 11.7. The van der Waals surface area contributed by atoms with Gasteiger partial charge in [0.25, 0.3) is 0 Å². The highest BCUT2D eigenvalue weighted by Gasteiger charge is 2.27. The van der Waals surface area contributed by atoms with E-state index in [-0.39, 0.29) is 5.91 Å². The average molecular weight is 456 g/mol. The molecule has 0 radical (unpaired) electrons. The van der Waals surface area contributed by atoms with Crippen LogP contribution in [0.25, 0.3) is 22.3 Å². The van der Waals surface area contributed by atoms with Crippen molar-refractivity contribution in [3.05, 3.63) is 66.2 Å². The number of fused-ring (bicyclic) bond motifs is 2. The molecule has 0 saturated carbocycles. The Morgan fingerprint density at radius 3 is 2.59 bits per heavy atom. The Kier molecular flexibility index (Phi) is 7.06. The maximum absolute atomic E-state index is 12.9. The van der Waals surface area contributed by atoms with Crippen LogP contribution in [0.15, 0.2) is 55.0 Å². The van der Waals surface area contributed by atoms with Crippen molar-refractivity contribution < 1.29 is 4.79 Å². The molecule has 1 atom stereocenters. The summed E-state index contributed by atoms with van der Waals surface area (Å²) >= 11 is 0. The number of carbonyl (C=O) groups excluding carboxylic acids is 1. The molecule has 4 aromatic rings. The molecule has 1 aliphatic rings. The highest BCUT2D eigenvalue weighted by molar-refractivity contribution is 5.96. The summed E-state index contributed by atoms with van der Waals surface area (Å²) < 4.78 is 0. The normalized spacial score (nSPS) is 12.9. The molecule has 0 aliphatic heterocycles. The second-order valence-corrected chi connectivity index (χ2v) is 7.97. The lowest BCUT2D eigenvalue weighted by atomic mass is 10.1. The third-order valence-electron chi connectivity index (χ3n) is 5.92. The molecule has 1 aromatic carbocycles. The van der Waals surface area contributed by atoms with Crippen LogP contribution in [0.1, 0.15) is 38.4 Å². The maximum atomic E-state index is 12.9. The van der Waals surface area contributed by atoms with E-state index in [1.54, 1.807) is 12.3 Å². The summed E-state index contributed by atoms with van der Waals surface area (Å²) in [7, 11) is 1.90. The minimum absolute atomic E-state index is 0.142. The summed E-state index contributed by atoms with van der Waals surface area (Å²) in [5.74, 6) is 1.23. The van der Waals surface area contributed by atoms with Gasteiger partial charge in [-0.05, 0) is 43.7 Å². The van der Waals surface area contributed by atoms with Gasteiger partial charge in [-0.15, -0.1) is 0 Å². The predicted molar refractivity (Wildman–Crippen MR) is 135 cm³/mol. The molecule has 0 fully saturated rings. The molecule has 34 heavy (non-hydrogen) atoms. The zero-order valence-corrected chi connectivity index (χ0v) is 20.0. The largest absolute Gasteiger partial charge is 0.348 e. The first-order valence-corrected chi connectivity index (χ1v) is 11.7. The van der Waals surface area contributed by atoms with Crippen LogP contribution in [0.2, 0.25) is 0 Å². The van der Waals surface area contributed by atoms with E-state index in [0.29, 0.717) is 11.5 Å². The lowest BCUT2D eigenvalue weighted by Crippen LogP contribution is -2.40. The van der Waals surface area contributed by atoms with Gasteiger partial charge >= 0.3 is 0 Å². The number of carbonyl (C=O) groups is 1. The summed E-state index contributed by atoms with van der Waals surface area (Å²) in [6, 6.07) is 11.4. The number of aromatic nitrogens is 5. The van der Waals surface area contributed by atoms with Gasteiger partial charge in [-0.25, -0.2) is 9.97 Å². The fourth-order valence-electron chi connectivity index (χ4n) is 4.00. The second-order valence-electron chi connectivity index (χ2n) is 7.97. The van der Waals surface area contributed by atoms with Crippen molar-refractivity contribution in [2.24, 2.45) is 0 Å². The Hall–Kier alpha value is -3.94. The minimum Gasteiger partial charge on any atom is -0.348 e. The van der Waals surface area contributed by atoms with Crippen LogP contribution in [0.3, 0.4) is 0 Å². The molecule has 0 bridgehead atoms. The lowest BCUT2D eigenvalue weighted by molar-refractivity contribution is -0.117. The van der Waals surface area contributed by atoms with Crippen molar-refractivity contribution in [2.75, 3.05) is 17.3 Å². The smallest absolute Gasteiger partial charge is 0.246 e. The molecule has 1 unspecified atom stereocenters. The third-order valence-corrected chi connectivity index (χ3v) is 5.92. The van der Waals surface area contributed by atoms with Crippen LogP contribution in [-0.2, 0) is 17.6 Å². The summed E-state index contributed by atoms with van der Waals surface area (Å²) in [5, 5.41) is 12.6. The van der Waals surface area contributed by atoms with Gasteiger partial charge in [-0.1, -0.05) is 38.1 Å². The van der Waals surface area contributed by atoms with Crippen LogP contribution in [0.5, 0.6) is 0 Å². The van der Waals surface area contributed by atoms with E-state index in [4.69, 9.17) is 9.97 Å². The quantitative estimate of drug-likeness (QED) is 0.474. The van der Waals surface area contributed by atoms with E-state index in [2.05, 4.69) is 26.6 Å². The van der Waals surface area contributed by atoms with Crippen LogP contribution in [-0.4, -0.2) is 44.1 Å². The number of hydrogen-bond acceptors (Lipinski definition) is 7. The fourth-order valence-corrected chi connectivity index (χ4v) is 4.00. The Balaban J connectivity index is 0.00000133. The van der Waals surface area contributed by atoms with Crippen molar-refractivity contribution in [2.45, 2.75) is 46.1 Å². The van der Waals surface area contributed by atoms with Gasteiger partial charge in [0.15, 0.2) is 5.82 Å². The van der Waals surface area contributed by atoms with Crippen LogP contribution in [0.4, 0.5) is 11.5 Å². The van der Waals surface area contributed by atoms with Gasteiger partial charge in [0, 0.05) is 29.9 Å². The van der Waals surface area contributed by atoms with Crippen molar-refractivity contribution in [3.63, 3.8) is 0 Å². The molecule has 8 nitrogen and oxygen atoms in total. The third kappa shape index (κ3) is 4.71. The van der Waals surface area contributed by atoms with Crippen molar-refractivity contribution in [1.82, 2.24) is 25.1 Å². The number of likely N-dealkylation sites (N-methyl/N-ethyl adjacent to an activating group) is 1. The number of nitrogens with one attached hydrogen (secondary N) is 1. The molecule has 8 heteroatoms. The molecule has 1 amide bonds. The number of amides is 1. The van der Waals surface area contributed by atoms with Crippen LogP contribution in [0, 0.1) is 0 Å². The van der Waals surface area contributed by atoms with Crippen LogP contribution >= 0.6 is 0 Å². The molecule has 1 aliphatic carbocycles. The van der Waals surface area contributed by atoms with Gasteiger partial charge in [0.05, 0.1) is 18.1 Å². The minimum atomic E-state index is -0.444. The van der Waals surface area contributed by atoms with Gasteiger partial charge in [0.1, 0.15) is 17.6 Å². The molecule has 0 spiro atoms. The van der Waals surface area contributed by atoms with E-state index in [9.17, 15) is 4.79 Å². The van der Waals surface area contributed by atoms with E-state index in [1.165, 1.54) is 6.20 Å². The van der Waals surface area contributed by atoms with Crippen molar-refractivity contribution >= 4 is 28.2 Å². The molecule has 0 saturated heterocycles. The lowest BCUT2D eigenvalue weighted by Gasteiger charge is -2.27. The van der Waals surface area contributed by atoms with E-state index < -0.39 is 6.04 Å². The Labute approximate surface area is 199 Å². The highest BCUT2D eigenvalue weighted by Crippen LogP contribution is 2.32. The molecule has 5 rings (SSSR count). The Bertz CT molecular complexity index is 1290.